The van der Waals surface area contributed by atoms with E-state index < -0.39 is 36.5 Å². The molecule has 0 spiro atoms. The molecule has 0 aliphatic carbocycles. The van der Waals surface area contributed by atoms with E-state index in [4.69, 9.17) is 20.4 Å². The summed E-state index contributed by atoms with van der Waals surface area (Å²) in [4.78, 5) is 32.7. The van der Waals surface area contributed by atoms with E-state index in [2.05, 4.69) is 9.97 Å². The molecule has 4 aromatic rings. The van der Waals surface area contributed by atoms with Crippen LogP contribution in [0.1, 0.15) is 16.9 Å². The summed E-state index contributed by atoms with van der Waals surface area (Å²) in [5.41, 5.74) is 7.49. The molecule has 3 heterocycles. The third-order valence-corrected chi connectivity index (χ3v) is 6.75. The van der Waals surface area contributed by atoms with Crippen LogP contribution in [0, 0.1) is 0 Å². The van der Waals surface area contributed by atoms with Crippen molar-refractivity contribution >= 4 is 39.2 Å². The number of nitrogens with zero attached hydrogens (tertiary/aromatic N) is 3. The van der Waals surface area contributed by atoms with Gasteiger partial charge in [-0.25, -0.2) is 23.5 Å². The number of nitrogens with two attached hydrogens (primary N) is 1. The Morgan fingerprint density at radius 1 is 1.02 bits per heavy atom. The quantitative estimate of drug-likeness (QED) is 0.306. The van der Waals surface area contributed by atoms with Crippen molar-refractivity contribution in [2.24, 2.45) is 0 Å². The number of hydrogen-bond acceptors (Lipinski definition) is 7. The fourth-order valence-corrected chi connectivity index (χ4v) is 4.68. The van der Waals surface area contributed by atoms with Gasteiger partial charge in [-0.1, -0.05) is 59.9 Å². The molecule has 14 heteroatoms. The van der Waals surface area contributed by atoms with E-state index in [0.29, 0.717) is 10.4 Å². The van der Waals surface area contributed by atoms with Gasteiger partial charge in [0.25, 0.3) is 11.8 Å². The van der Waals surface area contributed by atoms with Crippen LogP contribution in [0.2, 0.25) is 0 Å². The number of rotatable bonds is 4. The summed E-state index contributed by atoms with van der Waals surface area (Å²) < 4.78 is 66.8. The Labute approximate surface area is 227 Å². The van der Waals surface area contributed by atoms with Crippen molar-refractivity contribution < 1.29 is 41.4 Å². The minimum Gasteiger partial charge on any atom is -0.475 e. The van der Waals surface area contributed by atoms with Crippen LogP contribution in [0.15, 0.2) is 66.7 Å². The van der Waals surface area contributed by atoms with Gasteiger partial charge in [0.05, 0.1) is 16.9 Å². The molecule has 3 N–H and O–H groups in total. The third-order valence-electron chi connectivity index (χ3n) is 5.82. The average Bonchev–Trinajstić information content (AvgIpc) is 3.31. The first-order valence-corrected chi connectivity index (χ1v) is 12.5. The molecule has 1 aliphatic heterocycles. The first-order chi connectivity index (χ1) is 18.8. The third kappa shape index (κ3) is 6.62. The number of likely N-dealkylation sites (tertiary alicyclic amines) is 1. The highest BCUT2D eigenvalue weighted by molar-refractivity contribution is 7.19. The smallest absolute Gasteiger partial charge is 0.475 e. The number of aromatic nitrogens is 2. The van der Waals surface area contributed by atoms with Gasteiger partial charge in [0.1, 0.15) is 5.69 Å². The second-order valence-corrected chi connectivity index (χ2v) is 9.64. The fraction of sp³-hybridized carbons (Fsp3) is 0.231. The highest BCUT2D eigenvalue weighted by Crippen LogP contribution is 2.35. The molecule has 1 aliphatic rings. The van der Waals surface area contributed by atoms with Crippen molar-refractivity contribution in [2.75, 3.05) is 18.8 Å². The van der Waals surface area contributed by atoms with Gasteiger partial charge in [-0.15, -0.1) is 0 Å². The number of anilines is 1. The van der Waals surface area contributed by atoms with Crippen molar-refractivity contribution in [3.8, 4) is 16.3 Å². The molecule has 0 bridgehead atoms. The zero-order chi connectivity index (χ0) is 29.1. The summed E-state index contributed by atoms with van der Waals surface area (Å²) in [6.07, 6.45) is -7.13. The lowest BCUT2D eigenvalue weighted by Crippen LogP contribution is -2.55. The van der Waals surface area contributed by atoms with Crippen molar-refractivity contribution in [3.05, 3.63) is 72.4 Å². The van der Waals surface area contributed by atoms with Gasteiger partial charge in [0.2, 0.25) is 5.88 Å². The number of carbonyl (C=O) groups is 2. The van der Waals surface area contributed by atoms with Crippen molar-refractivity contribution in [2.45, 2.75) is 24.6 Å². The van der Waals surface area contributed by atoms with Crippen LogP contribution < -0.4 is 10.5 Å². The number of hydrogen-bond donors (Lipinski definition) is 2. The molecule has 8 nitrogen and oxygen atoms in total. The van der Waals surface area contributed by atoms with Crippen LogP contribution in [0.25, 0.3) is 21.3 Å². The molecule has 1 fully saturated rings. The molecular weight excluding hydrogens is 559 g/mol. The highest BCUT2D eigenvalue weighted by atomic mass is 32.1. The van der Waals surface area contributed by atoms with Crippen LogP contribution in [0.5, 0.6) is 5.88 Å². The Kier molecular flexibility index (Phi) is 8.18. The lowest BCUT2D eigenvalue weighted by molar-refractivity contribution is -0.192. The van der Waals surface area contributed by atoms with E-state index in [1.807, 2.05) is 48.5 Å². The zero-order valence-electron chi connectivity index (χ0n) is 20.4. The maximum absolute atomic E-state index is 14.7. The molecular formula is C26H21F5N4O4S. The normalized spacial score (nSPS) is 16.6. The van der Waals surface area contributed by atoms with Crippen LogP contribution in [0.4, 0.5) is 27.1 Å². The number of aliphatic carboxylic acids is 1. The topological polar surface area (TPSA) is 119 Å². The number of alkyl halides is 5. The molecule has 40 heavy (non-hydrogen) atoms. The lowest BCUT2D eigenvalue weighted by Gasteiger charge is -2.37. The van der Waals surface area contributed by atoms with E-state index in [1.54, 1.807) is 18.2 Å². The first-order valence-electron chi connectivity index (χ1n) is 11.7. The van der Waals surface area contributed by atoms with E-state index in [-0.39, 0.29) is 29.8 Å². The highest BCUT2D eigenvalue weighted by Gasteiger charge is 2.48. The predicted octanol–water partition coefficient (Wildman–Crippen LogP) is 5.50. The van der Waals surface area contributed by atoms with E-state index in [0.717, 1.165) is 10.9 Å². The van der Waals surface area contributed by atoms with Crippen molar-refractivity contribution in [1.29, 1.82) is 0 Å². The number of carboxylic acid groups (broad SMARTS) is 1. The zero-order valence-corrected chi connectivity index (χ0v) is 21.3. The molecule has 2 aromatic carbocycles. The van der Waals surface area contributed by atoms with Gasteiger partial charge in [0.15, 0.2) is 11.2 Å². The van der Waals surface area contributed by atoms with E-state index in [1.165, 1.54) is 16.2 Å². The van der Waals surface area contributed by atoms with Gasteiger partial charge in [-0.2, -0.15) is 13.2 Å². The SMILES string of the molecule is Nc1nc(C(=O)N2CCC(F)(F)C(Oc3ccc4ccccc4n3)C2)c(-c2ccccc2)s1.O=C(O)C(F)(F)F. The maximum Gasteiger partial charge on any atom is 0.490 e. The van der Waals surface area contributed by atoms with Gasteiger partial charge < -0.3 is 20.5 Å². The number of thiazole rings is 1. The predicted molar refractivity (Wildman–Crippen MR) is 137 cm³/mol. The molecule has 2 aromatic heterocycles. The Bertz CT molecular complexity index is 1510. The van der Waals surface area contributed by atoms with Crippen LogP contribution in [-0.2, 0) is 4.79 Å². The van der Waals surface area contributed by atoms with Crippen LogP contribution >= 0.6 is 11.3 Å². The molecule has 210 valence electrons. The summed E-state index contributed by atoms with van der Waals surface area (Å²) in [6.45, 7) is -0.394. The summed E-state index contributed by atoms with van der Waals surface area (Å²) >= 11 is 1.19. The number of nitrogen functional groups attached to an aromatic ring is 1. The number of amides is 1. The number of carbonyl (C=O) groups excluding carboxylic acids is 1. The summed E-state index contributed by atoms with van der Waals surface area (Å²) in [6, 6.07) is 20.0. The second kappa shape index (κ2) is 11.4. The largest absolute Gasteiger partial charge is 0.490 e. The Morgan fingerprint density at radius 3 is 2.35 bits per heavy atom. The summed E-state index contributed by atoms with van der Waals surface area (Å²) in [5, 5.41) is 8.25. The first kappa shape index (κ1) is 28.7. The molecule has 0 saturated carbocycles. The molecule has 1 atom stereocenters. The van der Waals surface area contributed by atoms with Gasteiger partial charge in [-0.05, 0) is 17.7 Å². The van der Waals surface area contributed by atoms with Crippen molar-refractivity contribution in [3.63, 3.8) is 0 Å². The number of benzene rings is 2. The standard InChI is InChI=1S/C24H20F2N4O2S.C2HF3O2/c25-24(26)12-13-30(14-18(24)32-19-11-10-15-6-4-5-9-17(15)28-19)22(31)20-21(33-23(27)29-20)16-7-2-1-3-8-16;3-2(4,5)1(6)7/h1-11,18H,12-14H2,(H2,27,29);(H,6,7). The summed E-state index contributed by atoms with van der Waals surface area (Å²) in [7, 11) is 0. The summed E-state index contributed by atoms with van der Waals surface area (Å²) in [5.74, 6) is -6.21. The fourth-order valence-electron chi connectivity index (χ4n) is 3.85. The van der Waals surface area contributed by atoms with Gasteiger partial charge in [-0.3, -0.25) is 4.79 Å². The number of para-hydroxylation sites is 1. The molecule has 0 radical (unpaired) electrons. The Hall–Kier alpha value is -4.33. The molecule has 5 rings (SSSR count). The number of piperidine rings is 1. The maximum atomic E-state index is 14.7. The number of pyridine rings is 1. The average molecular weight is 581 g/mol. The van der Waals surface area contributed by atoms with Gasteiger partial charge >= 0.3 is 12.1 Å². The molecule has 1 unspecified atom stereocenters. The Balaban J connectivity index is 0.000000470. The Morgan fingerprint density at radius 2 is 1.68 bits per heavy atom. The van der Waals surface area contributed by atoms with Crippen molar-refractivity contribution in [1.82, 2.24) is 14.9 Å². The van der Waals surface area contributed by atoms with Crippen LogP contribution in [-0.4, -0.2) is 63.1 Å². The van der Waals surface area contributed by atoms with E-state index >= 15 is 0 Å². The van der Waals surface area contributed by atoms with Gasteiger partial charge in [0, 0.05) is 24.4 Å². The number of carboxylic acids is 1. The molecule has 1 amide bonds. The lowest BCUT2D eigenvalue weighted by atomic mass is 10.0. The second-order valence-electron chi connectivity index (χ2n) is 8.61. The van der Waals surface area contributed by atoms with E-state index in [9.17, 15) is 26.7 Å². The number of halogens is 5. The minimum absolute atomic E-state index is 0.0931. The molecule has 1 saturated heterocycles. The number of fused-ring (bicyclic) bond motifs is 1. The number of ether oxygens (including phenoxy) is 1. The monoisotopic (exact) mass is 580 g/mol. The van der Waals surface area contributed by atoms with Crippen LogP contribution in [0.3, 0.4) is 0 Å². The minimum atomic E-state index is -5.08.